The lowest BCUT2D eigenvalue weighted by Crippen LogP contribution is -2.50. The van der Waals surface area contributed by atoms with Crippen LogP contribution in [-0.2, 0) is 24.2 Å². The Hall–Kier alpha value is -4.27. The zero-order valence-electron chi connectivity index (χ0n) is 25.8. The number of benzene rings is 2. The molecule has 0 spiro atoms. The topological polar surface area (TPSA) is 128 Å². The molecule has 2 amide bonds. The van der Waals surface area contributed by atoms with Gasteiger partial charge >= 0.3 is 6.09 Å². The summed E-state index contributed by atoms with van der Waals surface area (Å²) in [4.78, 5) is 45.8. The van der Waals surface area contributed by atoms with Gasteiger partial charge in [-0.3, -0.25) is 24.9 Å². The number of amides is 2. The molecular weight excluding hydrogens is 554 g/mol. The Kier molecular flexibility index (Phi) is 9.92. The van der Waals surface area contributed by atoms with E-state index in [4.69, 9.17) is 15.5 Å². The number of rotatable bonds is 9. The average molecular weight is 598 g/mol. The van der Waals surface area contributed by atoms with Gasteiger partial charge in [0.05, 0.1) is 13.0 Å². The summed E-state index contributed by atoms with van der Waals surface area (Å²) in [5.74, 6) is 1.17. The van der Waals surface area contributed by atoms with Crippen molar-refractivity contribution >= 4 is 17.8 Å². The number of unbranched alkanes of at least 4 members (excludes halogenated alkanes) is 1. The predicted molar refractivity (Wildman–Crippen MR) is 171 cm³/mol. The van der Waals surface area contributed by atoms with Gasteiger partial charge in [0.15, 0.2) is 0 Å². The van der Waals surface area contributed by atoms with Crippen molar-refractivity contribution in [2.75, 3.05) is 6.54 Å². The van der Waals surface area contributed by atoms with Crippen LogP contribution >= 0.6 is 0 Å². The van der Waals surface area contributed by atoms with Gasteiger partial charge in [-0.2, -0.15) is 0 Å². The quantitative estimate of drug-likeness (QED) is 0.208. The highest BCUT2D eigenvalue weighted by atomic mass is 16.4. The first-order chi connectivity index (χ1) is 21.3. The third-order valence-electron chi connectivity index (χ3n) is 9.23. The maximum absolute atomic E-state index is 14.0. The number of nitrogens with zero attached hydrogens (tertiary/aromatic N) is 3. The van der Waals surface area contributed by atoms with E-state index in [0.717, 1.165) is 61.2 Å². The Morgan fingerprint density at radius 3 is 2.52 bits per heavy atom. The van der Waals surface area contributed by atoms with Crippen LogP contribution in [0.15, 0.2) is 53.3 Å². The first-order valence-corrected chi connectivity index (χ1v) is 15.9. The number of carbonyl (C=O) groups is 2. The van der Waals surface area contributed by atoms with E-state index in [1.54, 1.807) is 16.7 Å². The minimum atomic E-state index is -1.29. The fourth-order valence-electron chi connectivity index (χ4n) is 6.94. The lowest BCUT2D eigenvalue weighted by atomic mass is 9.78. The first kappa shape index (κ1) is 31.2. The van der Waals surface area contributed by atoms with Crippen LogP contribution in [0.3, 0.4) is 0 Å². The van der Waals surface area contributed by atoms with E-state index in [9.17, 15) is 14.4 Å². The molecule has 0 bridgehead atoms. The molecule has 2 fully saturated rings. The number of nitrogens with one attached hydrogen (secondary N) is 2. The van der Waals surface area contributed by atoms with Crippen LogP contribution in [0.1, 0.15) is 86.5 Å². The number of hydrogen-bond donors (Lipinski definition) is 3. The van der Waals surface area contributed by atoms with Gasteiger partial charge in [-0.15, -0.1) is 0 Å². The Labute approximate surface area is 258 Å². The molecule has 9 nitrogen and oxygen atoms in total. The second-order valence-electron chi connectivity index (χ2n) is 12.2. The zero-order valence-corrected chi connectivity index (χ0v) is 25.8. The Bertz CT molecular complexity index is 1580. The van der Waals surface area contributed by atoms with Crippen LogP contribution in [-0.4, -0.2) is 50.0 Å². The smallest absolute Gasteiger partial charge is 0.410 e. The Balaban J connectivity index is 1.41. The van der Waals surface area contributed by atoms with Gasteiger partial charge in [0.25, 0.3) is 5.56 Å². The Morgan fingerprint density at radius 1 is 1.05 bits per heavy atom. The van der Waals surface area contributed by atoms with E-state index in [2.05, 4.69) is 17.1 Å². The number of aryl methyl sites for hydroxylation is 2. The summed E-state index contributed by atoms with van der Waals surface area (Å²) in [6, 6.07) is 15.2. The molecule has 232 valence electrons. The summed E-state index contributed by atoms with van der Waals surface area (Å²) < 4.78 is 1.74. The number of likely N-dealkylation sites (tertiary alicyclic amines) is 1. The number of piperidine rings is 1. The highest BCUT2D eigenvalue weighted by Gasteiger charge is 2.36. The highest BCUT2D eigenvalue weighted by Crippen LogP contribution is 2.35. The van der Waals surface area contributed by atoms with Crippen LogP contribution in [0.5, 0.6) is 0 Å². The van der Waals surface area contributed by atoms with E-state index in [1.807, 2.05) is 43.3 Å². The van der Waals surface area contributed by atoms with Crippen molar-refractivity contribution < 1.29 is 14.7 Å². The van der Waals surface area contributed by atoms with E-state index in [-0.39, 0.29) is 23.7 Å². The van der Waals surface area contributed by atoms with Crippen LogP contribution in [0.25, 0.3) is 11.1 Å². The third kappa shape index (κ3) is 6.93. The van der Waals surface area contributed by atoms with Crippen molar-refractivity contribution in [3.05, 3.63) is 87.1 Å². The first-order valence-electron chi connectivity index (χ1n) is 15.9. The van der Waals surface area contributed by atoms with Crippen molar-refractivity contribution in [3.63, 3.8) is 0 Å². The third-order valence-corrected chi connectivity index (χ3v) is 9.23. The maximum atomic E-state index is 14.0. The molecule has 3 N–H and O–H groups in total. The van der Waals surface area contributed by atoms with Gasteiger partial charge in [-0.1, -0.05) is 74.7 Å². The monoisotopic (exact) mass is 597 g/mol. The molecule has 1 saturated carbocycles. The Morgan fingerprint density at radius 2 is 1.77 bits per heavy atom. The lowest BCUT2D eigenvalue weighted by molar-refractivity contribution is -0.136. The largest absolute Gasteiger partial charge is 0.465 e. The van der Waals surface area contributed by atoms with Gasteiger partial charge in [0.2, 0.25) is 5.91 Å². The van der Waals surface area contributed by atoms with Crippen molar-refractivity contribution in [2.24, 2.45) is 5.92 Å². The number of carboxylic acid groups (broad SMARTS) is 1. The number of aromatic nitrogens is 2. The van der Waals surface area contributed by atoms with E-state index < -0.39 is 6.09 Å². The second-order valence-corrected chi connectivity index (χ2v) is 12.2. The van der Waals surface area contributed by atoms with E-state index in [1.165, 1.54) is 19.3 Å². The molecular formula is C35H43N5O4. The molecule has 3 aromatic rings. The van der Waals surface area contributed by atoms with Gasteiger partial charge < -0.3 is 10.0 Å². The molecule has 1 aromatic heterocycles. The number of hydrogen-bond acceptors (Lipinski definition) is 5. The van der Waals surface area contributed by atoms with Gasteiger partial charge in [0.1, 0.15) is 11.7 Å². The molecule has 5 rings (SSSR count). The molecule has 2 aromatic carbocycles. The molecule has 0 radical (unpaired) electrons. The average Bonchev–Trinajstić information content (AvgIpc) is 3.03. The van der Waals surface area contributed by atoms with Crippen LogP contribution in [0, 0.1) is 18.3 Å². The molecule has 1 saturated heterocycles. The molecule has 2 aliphatic rings. The molecule has 1 aliphatic heterocycles. The summed E-state index contributed by atoms with van der Waals surface area (Å²) in [6.07, 6.45) is 8.26. The fraction of sp³-hybridized carbons (Fsp3) is 0.457. The number of carbonyl (C=O) groups excluding carboxylic acids is 1. The minimum absolute atomic E-state index is 0.0439. The number of fused-ring (bicyclic) bond motifs is 1. The molecule has 1 aliphatic carbocycles. The van der Waals surface area contributed by atoms with Crippen LogP contribution in [0.2, 0.25) is 0 Å². The van der Waals surface area contributed by atoms with Gasteiger partial charge in [0, 0.05) is 35.8 Å². The van der Waals surface area contributed by atoms with Crippen molar-refractivity contribution in [2.45, 2.75) is 90.6 Å². The number of amidine groups is 1. The molecule has 2 atom stereocenters. The fourth-order valence-corrected chi connectivity index (χ4v) is 6.94. The summed E-state index contributed by atoms with van der Waals surface area (Å²) in [5.41, 5.74) is 3.94. The SMILES string of the molecule is CCCCc1nc(C)c(CC(=O)N2CCC[C@H]3CCCCC32)c(=O)n1Cc1ccc(-c2ccccc2C(=N)NC(=O)O)cc1. The van der Waals surface area contributed by atoms with Crippen molar-refractivity contribution in [1.82, 2.24) is 19.8 Å². The normalized spacial score (nSPS) is 18.0. The van der Waals surface area contributed by atoms with E-state index in [0.29, 0.717) is 41.7 Å². The van der Waals surface area contributed by atoms with Crippen LogP contribution < -0.4 is 10.9 Å². The van der Waals surface area contributed by atoms with Crippen molar-refractivity contribution in [3.8, 4) is 11.1 Å². The zero-order chi connectivity index (χ0) is 31.2. The second kappa shape index (κ2) is 14.0. The predicted octanol–water partition coefficient (Wildman–Crippen LogP) is 5.93. The van der Waals surface area contributed by atoms with Gasteiger partial charge in [-0.25, -0.2) is 9.78 Å². The summed E-state index contributed by atoms with van der Waals surface area (Å²) in [7, 11) is 0. The standard InChI is InChI=1S/C35H43N5O4/c1-3-4-15-31-37-23(2)29(21-32(41)39-20-9-11-26-10-5-8-14-30(26)39)34(42)40(31)22-24-16-18-25(19-17-24)27-12-6-7-13-28(27)33(36)38-35(43)44/h6-7,12-13,16-19,26,30H,3-5,8-11,14-15,20-22H2,1-2H3,(H2,36,38)(H,43,44)/t26-,30?/m1/s1. The molecule has 9 heteroatoms. The molecule has 1 unspecified atom stereocenters. The minimum Gasteiger partial charge on any atom is -0.465 e. The molecule has 44 heavy (non-hydrogen) atoms. The maximum Gasteiger partial charge on any atom is 0.410 e. The van der Waals surface area contributed by atoms with E-state index >= 15 is 0 Å². The summed E-state index contributed by atoms with van der Waals surface area (Å²) in [5, 5.41) is 19.4. The molecule has 2 heterocycles. The summed E-state index contributed by atoms with van der Waals surface area (Å²) >= 11 is 0. The van der Waals surface area contributed by atoms with Crippen molar-refractivity contribution in [1.29, 1.82) is 5.41 Å². The highest BCUT2D eigenvalue weighted by molar-refractivity contribution is 6.08. The van der Waals surface area contributed by atoms with Gasteiger partial charge in [-0.05, 0) is 61.6 Å². The summed E-state index contributed by atoms with van der Waals surface area (Å²) in [6.45, 7) is 5.07. The van der Waals surface area contributed by atoms with Crippen LogP contribution in [0.4, 0.5) is 4.79 Å². The lowest BCUT2D eigenvalue weighted by Gasteiger charge is -2.44.